The van der Waals surface area contributed by atoms with Gasteiger partial charge in [-0.25, -0.2) is 9.48 Å². The fourth-order valence-electron chi connectivity index (χ4n) is 2.74. The number of aromatic nitrogens is 5. The normalized spacial score (nSPS) is 10.9. The van der Waals surface area contributed by atoms with Crippen LogP contribution in [0.15, 0.2) is 28.0 Å². The van der Waals surface area contributed by atoms with Crippen molar-refractivity contribution in [1.29, 1.82) is 0 Å². The molecule has 0 spiro atoms. The molecular weight excluding hydrogens is 370 g/mol. The molecule has 3 aromatic rings. The Bertz CT molecular complexity index is 945. The summed E-state index contributed by atoms with van der Waals surface area (Å²) in [6.45, 7) is 5.84. The van der Waals surface area contributed by atoms with Crippen molar-refractivity contribution in [2.45, 2.75) is 32.5 Å². The molecule has 0 bridgehead atoms. The van der Waals surface area contributed by atoms with E-state index in [-0.39, 0.29) is 23.7 Å². The van der Waals surface area contributed by atoms with Crippen molar-refractivity contribution in [1.82, 2.24) is 25.2 Å². The zero-order valence-electron chi connectivity index (χ0n) is 15.2. The number of aromatic amines is 1. The average molecular weight is 389 g/mol. The predicted octanol–water partition coefficient (Wildman–Crippen LogP) is 2.41. The molecule has 0 unspecified atom stereocenters. The van der Waals surface area contributed by atoms with Crippen molar-refractivity contribution in [3.63, 3.8) is 0 Å². The zero-order chi connectivity index (χ0) is 19.4. The highest BCUT2D eigenvalue weighted by Gasteiger charge is 2.25. The number of nitrogens with one attached hydrogen (secondary N) is 1. The minimum absolute atomic E-state index is 0.0864. The molecule has 3 heterocycles. The van der Waals surface area contributed by atoms with Crippen LogP contribution in [0.1, 0.15) is 44.8 Å². The van der Waals surface area contributed by atoms with Gasteiger partial charge >= 0.3 is 5.97 Å². The maximum Gasteiger partial charge on any atom is 0.340 e. The number of ketones is 1. The summed E-state index contributed by atoms with van der Waals surface area (Å²) in [6, 6.07) is 3.60. The Kier molecular flexibility index (Phi) is 5.75. The van der Waals surface area contributed by atoms with Crippen LogP contribution in [-0.4, -0.2) is 49.3 Å². The van der Waals surface area contributed by atoms with Crippen molar-refractivity contribution in [2.75, 3.05) is 12.4 Å². The van der Waals surface area contributed by atoms with Crippen LogP contribution in [-0.2, 0) is 11.3 Å². The van der Waals surface area contributed by atoms with Gasteiger partial charge in [-0.15, -0.1) is 5.10 Å². The summed E-state index contributed by atoms with van der Waals surface area (Å²) in [4.78, 5) is 28.0. The predicted molar refractivity (Wildman–Crippen MR) is 96.9 cm³/mol. The van der Waals surface area contributed by atoms with Crippen molar-refractivity contribution in [3.05, 3.63) is 46.7 Å². The fraction of sp³-hybridized carbons (Fsp3) is 0.353. The number of carbonyl (C=O) groups excluding carboxylic acids is 2. The molecule has 0 aromatic carbocycles. The lowest BCUT2D eigenvalue weighted by Crippen LogP contribution is -2.13. The zero-order valence-corrected chi connectivity index (χ0v) is 16.0. The number of H-pyrrole nitrogens is 1. The van der Waals surface area contributed by atoms with Crippen molar-refractivity contribution in [2.24, 2.45) is 0 Å². The van der Waals surface area contributed by atoms with Crippen molar-refractivity contribution in [3.8, 4) is 0 Å². The molecule has 0 radical (unpaired) electrons. The van der Waals surface area contributed by atoms with E-state index >= 15 is 0 Å². The number of nitrogens with zero attached hydrogens (tertiary/aromatic N) is 4. The molecule has 0 aliphatic carbocycles. The van der Waals surface area contributed by atoms with Crippen LogP contribution in [0.5, 0.6) is 0 Å². The van der Waals surface area contributed by atoms with E-state index in [9.17, 15) is 9.59 Å². The standard InChI is InChI=1S/C17H19N5O4S/c1-4-25-16(24)15-11(3)18-10(2)14(15)13(23)9-27-17-19-20-21-22(17)8-12-6-5-7-26-12/h5-7,18H,4,8-9H2,1-3H3. The second kappa shape index (κ2) is 8.21. The Morgan fingerprint density at radius 3 is 2.78 bits per heavy atom. The van der Waals surface area contributed by atoms with Gasteiger partial charge in [-0.2, -0.15) is 0 Å². The molecule has 0 atom stereocenters. The molecule has 0 aliphatic rings. The number of thioether (sulfide) groups is 1. The molecule has 3 rings (SSSR count). The van der Waals surface area contributed by atoms with E-state index in [0.717, 1.165) is 0 Å². The van der Waals surface area contributed by atoms with E-state index in [1.807, 2.05) is 6.07 Å². The summed E-state index contributed by atoms with van der Waals surface area (Å²) < 4.78 is 11.9. The van der Waals surface area contributed by atoms with Gasteiger partial charge in [-0.1, -0.05) is 11.8 Å². The number of tetrazole rings is 1. The number of hydrogen-bond acceptors (Lipinski definition) is 8. The minimum Gasteiger partial charge on any atom is -0.467 e. The molecule has 0 saturated carbocycles. The molecule has 0 fully saturated rings. The van der Waals surface area contributed by atoms with Gasteiger partial charge in [0.15, 0.2) is 5.78 Å². The second-order valence-corrected chi connectivity index (χ2v) is 6.70. The van der Waals surface area contributed by atoms with Crippen LogP contribution in [0.2, 0.25) is 0 Å². The number of furan rings is 1. The number of esters is 1. The molecule has 142 valence electrons. The largest absolute Gasteiger partial charge is 0.467 e. The minimum atomic E-state index is -0.504. The van der Waals surface area contributed by atoms with E-state index in [1.54, 1.807) is 37.8 Å². The van der Waals surface area contributed by atoms with Gasteiger partial charge in [-0.3, -0.25) is 4.79 Å². The Labute approximate surface area is 159 Å². The molecule has 10 heteroatoms. The highest BCUT2D eigenvalue weighted by Crippen LogP contribution is 2.23. The third kappa shape index (κ3) is 4.11. The first-order valence-electron chi connectivity index (χ1n) is 8.32. The Balaban J connectivity index is 1.74. The Hall–Kier alpha value is -2.88. The first kappa shape index (κ1) is 18.9. The van der Waals surface area contributed by atoms with Crippen LogP contribution in [0, 0.1) is 13.8 Å². The van der Waals surface area contributed by atoms with E-state index < -0.39 is 5.97 Å². The van der Waals surface area contributed by atoms with E-state index in [1.165, 1.54) is 11.8 Å². The van der Waals surface area contributed by atoms with E-state index in [2.05, 4.69) is 20.5 Å². The van der Waals surface area contributed by atoms with Gasteiger partial charge in [0.1, 0.15) is 12.3 Å². The highest BCUT2D eigenvalue weighted by molar-refractivity contribution is 7.99. The third-order valence-corrected chi connectivity index (χ3v) is 4.81. The van der Waals surface area contributed by atoms with E-state index in [0.29, 0.717) is 34.4 Å². The number of aryl methyl sites for hydroxylation is 2. The highest BCUT2D eigenvalue weighted by atomic mass is 32.2. The smallest absolute Gasteiger partial charge is 0.340 e. The van der Waals surface area contributed by atoms with Gasteiger partial charge in [0, 0.05) is 11.4 Å². The average Bonchev–Trinajstić information content (AvgIpc) is 3.34. The quantitative estimate of drug-likeness (QED) is 0.355. The Morgan fingerprint density at radius 1 is 1.30 bits per heavy atom. The van der Waals surface area contributed by atoms with Crippen LogP contribution < -0.4 is 0 Å². The summed E-state index contributed by atoms with van der Waals surface area (Å²) in [6.07, 6.45) is 1.57. The van der Waals surface area contributed by atoms with Crippen LogP contribution in [0.4, 0.5) is 0 Å². The molecule has 0 amide bonds. The lowest BCUT2D eigenvalue weighted by molar-refractivity contribution is 0.0522. The summed E-state index contributed by atoms with van der Waals surface area (Å²) >= 11 is 1.20. The number of Topliss-reactive ketones (excluding diaryl/α,β-unsaturated/α-hetero) is 1. The summed E-state index contributed by atoms with van der Waals surface area (Å²) in [7, 11) is 0. The number of rotatable bonds is 8. The molecule has 0 saturated heterocycles. The lowest BCUT2D eigenvalue weighted by atomic mass is 10.1. The van der Waals surface area contributed by atoms with Crippen LogP contribution in [0.25, 0.3) is 0 Å². The van der Waals surface area contributed by atoms with Gasteiger partial charge in [0.25, 0.3) is 0 Å². The maximum absolute atomic E-state index is 12.8. The first-order chi connectivity index (χ1) is 13.0. The summed E-state index contributed by atoms with van der Waals surface area (Å²) in [5.74, 6) is 0.0910. The van der Waals surface area contributed by atoms with Crippen molar-refractivity contribution >= 4 is 23.5 Å². The third-order valence-electron chi connectivity index (χ3n) is 3.85. The van der Waals surface area contributed by atoms with Crippen LogP contribution >= 0.6 is 11.8 Å². The van der Waals surface area contributed by atoms with Crippen molar-refractivity contribution < 1.29 is 18.7 Å². The lowest BCUT2D eigenvalue weighted by Gasteiger charge is -2.06. The van der Waals surface area contributed by atoms with E-state index in [4.69, 9.17) is 9.15 Å². The van der Waals surface area contributed by atoms with Gasteiger partial charge < -0.3 is 14.1 Å². The molecule has 3 aromatic heterocycles. The maximum atomic E-state index is 12.8. The molecule has 1 N–H and O–H groups in total. The first-order valence-corrected chi connectivity index (χ1v) is 9.30. The molecule has 0 aliphatic heterocycles. The second-order valence-electron chi connectivity index (χ2n) is 5.76. The van der Waals surface area contributed by atoms with Gasteiger partial charge in [-0.05, 0) is 43.3 Å². The molecule has 9 nitrogen and oxygen atoms in total. The molecular formula is C17H19N5O4S. The fourth-order valence-corrected chi connectivity index (χ4v) is 3.49. The SMILES string of the molecule is CCOC(=O)c1c(C)[nH]c(C)c1C(=O)CSc1nnnn1Cc1ccco1. The van der Waals surface area contributed by atoms with Crippen LogP contribution in [0.3, 0.4) is 0 Å². The number of carbonyl (C=O) groups is 2. The summed E-state index contributed by atoms with van der Waals surface area (Å²) in [5, 5.41) is 12.0. The summed E-state index contributed by atoms with van der Waals surface area (Å²) in [5.41, 5.74) is 1.89. The molecule has 27 heavy (non-hydrogen) atoms. The van der Waals surface area contributed by atoms with Gasteiger partial charge in [0.05, 0.1) is 29.7 Å². The topological polar surface area (TPSA) is 116 Å². The monoisotopic (exact) mass is 389 g/mol. The number of ether oxygens (including phenoxy) is 1. The Morgan fingerprint density at radius 2 is 2.07 bits per heavy atom. The number of hydrogen-bond donors (Lipinski definition) is 1. The van der Waals surface area contributed by atoms with Gasteiger partial charge in [0.2, 0.25) is 5.16 Å².